The second kappa shape index (κ2) is 3.05. The van der Waals surface area contributed by atoms with Gasteiger partial charge in [0.25, 0.3) is 0 Å². The molecule has 1 N–H and O–H groups in total. The zero-order chi connectivity index (χ0) is 7.52. The highest BCUT2D eigenvalue weighted by atomic mass is 16.5. The third kappa shape index (κ3) is 1.60. The van der Waals surface area contributed by atoms with Crippen molar-refractivity contribution in [3.63, 3.8) is 0 Å². The van der Waals surface area contributed by atoms with Gasteiger partial charge >= 0.3 is 0 Å². The fourth-order valence-corrected chi connectivity index (χ4v) is 1.19. The summed E-state index contributed by atoms with van der Waals surface area (Å²) in [6, 6.07) is 0.741. The number of hydrogen-bond acceptors (Lipinski definition) is 3. The van der Waals surface area contributed by atoms with Crippen LogP contribution in [0.4, 0.5) is 0 Å². The molecule has 0 saturated heterocycles. The van der Waals surface area contributed by atoms with Crippen molar-refractivity contribution in [3.8, 4) is 0 Å². The molecule has 3 nitrogen and oxygen atoms in total. The van der Waals surface area contributed by atoms with E-state index in [1.54, 1.807) is 12.5 Å². The molecule has 0 atom stereocenters. The number of hydrogen-bond donors (Lipinski definition) is 1. The van der Waals surface area contributed by atoms with Crippen LogP contribution in [-0.4, -0.2) is 11.2 Å². The van der Waals surface area contributed by atoms with Gasteiger partial charge in [-0.2, -0.15) is 0 Å². The molecule has 11 heavy (non-hydrogen) atoms. The molecule has 1 saturated carbocycles. The monoisotopic (exact) mass is 152 g/mol. The molecular weight excluding hydrogens is 140 g/mol. The van der Waals surface area contributed by atoms with E-state index in [1.165, 1.54) is 19.3 Å². The fourth-order valence-electron chi connectivity index (χ4n) is 1.19. The van der Waals surface area contributed by atoms with Crippen LogP contribution in [0, 0.1) is 0 Å². The van der Waals surface area contributed by atoms with Crippen LogP contribution in [0.2, 0.25) is 0 Å². The van der Waals surface area contributed by atoms with E-state index < -0.39 is 0 Å². The molecule has 0 radical (unpaired) electrons. The lowest BCUT2D eigenvalue weighted by Gasteiger charge is -2.26. The maximum Gasteiger partial charge on any atom is 0.128 e. The van der Waals surface area contributed by atoms with Gasteiger partial charge in [0, 0.05) is 18.2 Å². The number of nitrogens with one attached hydrogen (secondary N) is 1. The van der Waals surface area contributed by atoms with Gasteiger partial charge in [-0.15, -0.1) is 0 Å². The molecule has 1 fully saturated rings. The van der Waals surface area contributed by atoms with Crippen LogP contribution < -0.4 is 5.32 Å². The van der Waals surface area contributed by atoms with Gasteiger partial charge in [0.05, 0.1) is 6.20 Å². The molecule has 1 aromatic rings. The zero-order valence-corrected chi connectivity index (χ0v) is 6.42. The van der Waals surface area contributed by atoms with Crippen molar-refractivity contribution < 1.29 is 4.52 Å². The van der Waals surface area contributed by atoms with Crippen molar-refractivity contribution in [2.24, 2.45) is 0 Å². The van der Waals surface area contributed by atoms with E-state index >= 15 is 0 Å². The van der Waals surface area contributed by atoms with Crippen molar-refractivity contribution in [2.75, 3.05) is 0 Å². The summed E-state index contributed by atoms with van der Waals surface area (Å²) in [6.07, 6.45) is 7.47. The molecule has 1 aliphatic carbocycles. The highest BCUT2D eigenvalue weighted by molar-refractivity contribution is 4.99. The molecule has 0 spiro atoms. The van der Waals surface area contributed by atoms with Crippen LogP contribution in [0.25, 0.3) is 0 Å². The first-order valence-corrected chi connectivity index (χ1v) is 4.07. The molecule has 0 amide bonds. The van der Waals surface area contributed by atoms with Gasteiger partial charge < -0.3 is 9.84 Å². The standard InChI is InChI=1S/C8H12N2O/c1-2-8(3-1)9-4-7-5-10-11-6-7/h5-6,8-9H,1-4H2. The molecule has 2 rings (SSSR count). The lowest BCUT2D eigenvalue weighted by molar-refractivity contribution is 0.337. The molecule has 1 aromatic heterocycles. The minimum Gasteiger partial charge on any atom is -0.364 e. The van der Waals surface area contributed by atoms with Gasteiger partial charge in [0.2, 0.25) is 0 Å². The van der Waals surface area contributed by atoms with Crippen LogP contribution in [0.1, 0.15) is 24.8 Å². The molecule has 60 valence electrons. The summed E-state index contributed by atoms with van der Waals surface area (Å²) >= 11 is 0. The molecule has 0 bridgehead atoms. The Morgan fingerprint density at radius 3 is 3.09 bits per heavy atom. The second-order valence-electron chi connectivity index (χ2n) is 3.04. The van der Waals surface area contributed by atoms with Gasteiger partial charge in [-0.1, -0.05) is 11.6 Å². The fraction of sp³-hybridized carbons (Fsp3) is 0.625. The first-order chi connectivity index (χ1) is 5.45. The van der Waals surface area contributed by atoms with E-state index in [-0.39, 0.29) is 0 Å². The zero-order valence-electron chi connectivity index (χ0n) is 6.42. The maximum absolute atomic E-state index is 4.71. The van der Waals surface area contributed by atoms with Crippen LogP contribution >= 0.6 is 0 Å². The van der Waals surface area contributed by atoms with E-state index in [9.17, 15) is 0 Å². The normalized spacial score (nSPS) is 18.2. The van der Waals surface area contributed by atoms with E-state index in [2.05, 4.69) is 10.5 Å². The SMILES string of the molecule is c1nocc1CNC1CCC1. The van der Waals surface area contributed by atoms with E-state index in [1.807, 2.05) is 0 Å². The highest BCUT2D eigenvalue weighted by Gasteiger charge is 2.15. The maximum atomic E-state index is 4.71. The number of aromatic nitrogens is 1. The summed E-state index contributed by atoms with van der Waals surface area (Å²) in [6.45, 7) is 0.897. The average Bonchev–Trinajstić information content (AvgIpc) is 2.36. The lowest BCUT2D eigenvalue weighted by Crippen LogP contribution is -2.34. The summed E-state index contributed by atoms with van der Waals surface area (Å²) in [7, 11) is 0. The topological polar surface area (TPSA) is 38.1 Å². The van der Waals surface area contributed by atoms with Crippen LogP contribution in [-0.2, 0) is 6.54 Å². The minimum absolute atomic E-state index is 0.741. The van der Waals surface area contributed by atoms with Crippen LogP contribution in [0.15, 0.2) is 17.0 Å². The summed E-state index contributed by atoms with van der Waals surface area (Å²) < 4.78 is 4.71. The van der Waals surface area contributed by atoms with Crippen molar-refractivity contribution in [1.29, 1.82) is 0 Å². The lowest BCUT2D eigenvalue weighted by atomic mass is 9.93. The minimum atomic E-state index is 0.741. The summed E-state index contributed by atoms with van der Waals surface area (Å²) in [5, 5.41) is 7.05. The van der Waals surface area contributed by atoms with Gasteiger partial charge in [-0.3, -0.25) is 0 Å². The van der Waals surface area contributed by atoms with Gasteiger partial charge in [-0.25, -0.2) is 0 Å². The van der Waals surface area contributed by atoms with Crippen molar-refractivity contribution in [1.82, 2.24) is 10.5 Å². The molecule has 0 aromatic carbocycles. The van der Waals surface area contributed by atoms with E-state index in [0.29, 0.717) is 0 Å². The first-order valence-electron chi connectivity index (χ1n) is 4.07. The number of nitrogens with zero attached hydrogens (tertiary/aromatic N) is 1. The first kappa shape index (κ1) is 6.85. The average molecular weight is 152 g/mol. The third-order valence-electron chi connectivity index (χ3n) is 2.18. The van der Waals surface area contributed by atoms with E-state index in [4.69, 9.17) is 4.52 Å². The Balaban J connectivity index is 1.74. The summed E-state index contributed by atoms with van der Waals surface area (Å²) in [4.78, 5) is 0. The van der Waals surface area contributed by atoms with Crippen molar-refractivity contribution in [2.45, 2.75) is 31.8 Å². The quantitative estimate of drug-likeness (QED) is 0.709. The highest BCUT2D eigenvalue weighted by Crippen LogP contribution is 2.18. The Bertz CT molecular complexity index is 204. The van der Waals surface area contributed by atoms with Gasteiger partial charge in [0.15, 0.2) is 0 Å². The van der Waals surface area contributed by atoms with E-state index in [0.717, 1.165) is 18.2 Å². The Hall–Kier alpha value is -0.830. The van der Waals surface area contributed by atoms with Gasteiger partial charge in [-0.05, 0) is 12.8 Å². The molecule has 0 unspecified atom stereocenters. The van der Waals surface area contributed by atoms with Crippen LogP contribution in [0.3, 0.4) is 0 Å². The molecule has 1 aliphatic rings. The smallest absolute Gasteiger partial charge is 0.128 e. The third-order valence-corrected chi connectivity index (χ3v) is 2.18. The molecular formula is C8H12N2O. The summed E-state index contributed by atoms with van der Waals surface area (Å²) in [5.74, 6) is 0. The molecule has 0 aliphatic heterocycles. The van der Waals surface area contributed by atoms with Crippen molar-refractivity contribution in [3.05, 3.63) is 18.0 Å². The van der Waals surface area contributed by atoms with Crippen molar-refractivity contribution >= 4 is 0 Å². The second-order valence-corrected chi connectivity index (χ2v) is 3.04. The Labute approximate surface area is 65.8 Å². The summed E-state index contributed by atoms with van der Waals surface area (Å²) in [5.41, 5.74) is 1.14. The Morgan fingerprint density at radius 1 is 1.64 bits per heavy atom. The largest absolute Gasteiger partial charge is 0.364 e. The predicted octanol–water partition coefficient (Wildman–Crippen LogP) is 1.32. The Morgan fingerprint density at radius 2 is 2.55 bits per heavy atom. The Kier molecular flexibility index (Phi) is 1.90. The molecule has 3 heteroatoms. The predicted molar refractivity (Wildman–Crippen MR) is 41.0 cm³/mol. The van der Waals surface area contributed by atoms with Crippen LogP contribution in [0.5, 0.6) is 0 Å². The van der Waals surface area contributed by atoms with Gasteiger partial charge in [0.1, 0.15) is 6.26 Å². The molecule has 1 heterocycles. The number of rotatable bonds is 3.